The van der Waals surface area contributed by atoms with Crippen molar-refractivity contribution in [1.29, 1.82) is 0 Å². The topological polar surface area (TPSA) is 139 Å². The van der Waals surface area contributed by atoms with Crippen LogP contribution in [0.3, 0.4) is 0 Å². The van der Waals surface area contributed by atoms with E-state index < -0.39 is 25.7 Å². The molecule has 0 aliphatic rings. The van der Waals surface area contributed by atoms with E-state index in [1.165, 1.54) is 42.5 Å². The summed E-state index contributed by atoms with van der Waals surface area (Å²) in [5.74, 6) is -0.749. The number of non-ortho nitro benzene ring substituents is 2. The smallest absolute Gasteiger partial charge is 0.270 e. The van der Waals surface area contributed by atoms with Gasteiger partial charge in [0.25, 0.3) is 17.3 Å². The summed E-state index contributed by atoms with van der Waals surface area (Å²) < 4.78 is -2.04. The number of hydrogen-bond acceptors (Lipinski definition) is 6. The molecule has 0 fully saturated rings. The Bertz CT molecular complexity index is 984. The molecule has 0 radical (unpaired) electrons. The van der Waals surface area contributed by atoms with Crippen LogP contribution in [-0.2, 0) is 0 Å². The summed E-state index contributed by atoms with van der Waals surface area (Å²) in [5, 5.41) is 29.2. The number of amides is 1. The van der Waals surface area contributed by atoms with Gasteiger partial charge in [-0.25, -0.2) is 0 Å². The number of nitrogens with zero attached hydrogens (tertiary/aromatic N) is 2. The van der Waals surface area contributed by atoms with Crippen LogP contribution in [0.25, 0.3) is 0 Å². The number of hydrogen-bond donors (Lipinski definition) is 3. The maximum atomic E-state index is 12.4. The third-order valence-electron chi connectivity index (χ3n) is 3.53. The van der Waals surface area contributed by atoms with Crippen LogP contribution in [0.1, 0.15) is 10.4 Å². The molecule has 0 bridgehead atoms. The molecule has 2 aromatic carbocycles. The van der Waals surface area contributed by atoms with E-state index in [9.17, 15) is 25.0 Å². The highest BCUT2D eigenvalue weighted by atomic mass is 35.6. The van der Waals surface area contributed by atoms with Crippen LogP contribution in [0.15, 0.2) is 48.5 Å². The van der Waals surface area contributed by atoms with Crippen LogP contribution in [0.5, 0.6) is 0 Å². The predicted molar refractivity (Wildman–Crippen MR) is 117 cm³/mol. The van der Waals surface area contributed by atoms with Crippen molar-refractivity contribution in [2.24, 2.45) is 0 Å². The number of benzene rings is 2. The average molecular weight is 493 g/mol. The summed E-state index contributed by atoms with van der Waals surface area (Å²) in [6.45, 7) is 0. The lowest BCUT2D eigenvalue weighted by atomic mass is 10.2. The second-order valence-corrected chi connectivity index (χ2v) is 8.44. The molecule has 14 heteroatoms. The van der Waals surface area contributed by atoms with E-state index in [0.29, 0.717) is 5.69 Å². The van der Waals surface area contributed by atoms with Gasteiger partial charge in [-0.15, -0.1) is 0 Å². The number of carbonyl (C=O) groups excluding carboxylic acids is 1. The zero-order chi connectivity index (χ0) is 22.5. The number of halogens is 3. The summed E-state index contributed by atoms with van der Waals surface area (Å²) >= 11 is 22.8. The van der Waals surface area contributed by atoms with Gasteiger partial charge in [0.05, 0.1) is 9.85 Å². The number of nitro groups is 2. The van der Waals surface area contributed by atoms with E-state index in [2.05, 4.69) is 16.0 Å². The molecular weight excluding hydrogens is 481 g/mol. The summed E-state index contributed by atoms with van der Waals surface area (Å²) in [5.41, 5.74) is -0.00936. The molecule has 0 saturated heterocycles. The van der Waals surface area contributed by atoms with Gasteiger partial charge in [-0.1, -0.05) is 40.9 Å². The van der Waals surface area contributed by atoms with Crippen LogP contribution >= 0.6 is 47.0 Å². The van der Waals surface area contributed by atoms with Crippen LogP contribution < -0.4 is 16.0 Å². The molecule has 1 amide bonds. The Balaban J connectivity index is 2.09. The Labute approximate surface area is 189 Å². The lowest BCUT2D eigenvalue weighted by Gasteiger charge is -2.27. The number of thiocarbonyl (C=S) groups is 1. The minimum Gasteiger partial charge on any atom is -0.339 e. The fourth-order valence-electron chi connectivity index (χ4n) is 2.14. The van der Waals surface area contributed by atoms with E-state index in [4.69, 9.17) is 47.0 Å². The van der Waals surface area contributed by atoms with Gasteiger partial charge in [0.1, 0.15) is 6.17 Å². The van der Waals surface area contributed by atoms with Gasteiger partial charge in [-0.05, 0) is 30.4 Å². The zero-order valence-electron chi connectivity index (χ0n) is 14.7. The molecule has 3 N–H and O–H groups in total. The van der Waals surface area contributed by atoms with Gasteiger partial charge >= 0.3 is 0 Å². The van der Waals surface area contributed by atoms with Crippen molar-refractivity contribution in [3.8, 4) is 0 Å². The highest BCUT2D eigenvalue weighted by Crippen LogP contribution is 2.29. The number of alkyl halides is 3. The molecule has 0 aliphatic carbocycles. The summed E-state index contributed by atoms with van der Waals surface area (Å²) in [6.07, 6.45) is -1.31. The first-order valence-corrected chi connectivity index (χ1v) is 9.45. The van der Waals surface area contributed by atoms with Gasteiger partial charge in [0, 0.05) is 35.5 Å². The minimum absolute atomic E-state index is 0.0282. The highest BCUT2D eigenvalue weighted by Gasteiger charge is 2.35. The molecule has 30 heavy (non-hydrogen) atoms. The van der Waals surface area contributed by atoms with E-state index >= 15 is 0 Å². The molecule has 2 rings (SSSR count). The number of carbonyl (C=O) groups is 1. The SMILES string of the molecule is O=C(N[C@H](NC(=S)Nc1ccc([N+](=O)[O-])cc1)C(Cl)(Cl)Cl)c1cccc([N+](=O)[O-])c1. The van der Waals surface area contributed by atoms with Crippen molar-refractivity contribution in [2.75, 3.05) is 5.32 Å². The number of nitrogens with one attached hydrogen (secondary N) is 3. The molecule has 0 unspecified atom stereocenters. The Morgan fingerprint density at radius 1 is 0.967 bits per heavy atom. The van der Waals surface area contributed by atoms with Crippen molar-refractivity contribution in [2.45, 2.75) is 9.96 Å². The molecule has 2 aromatic rings. The fourth-order valence-corrected chi connectivity index (χ4v) is 2.70. The number of anilines is 1. The van der Waals surface area contributed by atoms with Gasteiger partial charge < -0.3 is 16.0 Å². The lowest BCUT2D eigenvalue weighted by molar-refractivity contribution is -0.385. The fraction of sp³-hybridized carbons (Fsp3) is 0.125. The summed E-state index contributed by atoms with van der Waals surface area (Å²) in [6, 6.07) is 10.3. The Kier molecular flexibility index (Phi) is 7.73. The van der Waals surface area contributed by atoms with Crippen molar-refractivity contribution in [3.05, 3.63) is 74.3 Å². The third-order valence-corrected chi connectivity index (χ3v) is 4.41. The van der Waals surface area contributed by atoms with Gasteiger partial charge in [0.2, 0.25) is 3.79 Å². The molecule has 0 heterocycles. The molecule has 0 spiro atoms. The number of nitro benzene ring substituents is 2. The molecule has 158 valence electrons. The van der Waals surface area contributed by atoms with E-state index in [1.54, 1.807) is 0 Å². The average Bonchev–Trinajstić information content (AvgIpc) is 2.67. The van der Waals surface area contributed by atoms with Crippen LogP contribution in [0.4, 0.5) is 17.1 Å². The molecule has 0 aromatic heterocycles. The van der Waals surface area contributed by atoms with Crippen LogP contribution in [0, 0.1) is 20.2 Å². The van der Waals surface area contributed by atoms with Crippen molar-refractivity contribution < 1.29 is 14.6 Å². The van der Waals surface area contributed by atoms with Crippen molar-refractivity contribution >= 4 is 75.1 Å². The molecule has 0 aliphatic heterocycles. The number of rotatable bonds is 6. The first kappa shape index (κ1) is 23.5. The first-order chi connectivity index (χ1) is 14.0. The molecule has 0 saturated carbocycles. The van der Waals surface area contributed by atoms with Gasteiger partial charge in [0.15, 0.2) is 5.11 Å². The second kappa shape index (κ2) is 9.85. The third kappa shape index (κ3) is 6.66. The minimum atomic E-state index is -2.04. The van der Waals surface area contributed by atoms with Gasteiger partial charge in [-0.3, -0.25) is 25.0 Å². The van der Waals surface area contributed by atoms with E-state index in [1.807, 2.05) is 0 Å². The lowest BCUT2D eigenvalue weighted by Crippen LogP contribution is -2.56. The highest BCUT2D eigenvalue weighted by molar-refractivity contribution is 7.80. The normalized spacial score (nSPS) is 11.8. The summed E-state index contributed by atoms with van der Waals surface area (Å²) in [7, 11) is 0. The van der Waals surface area contributed by atoms with E-state index in [-0.39, 0.29) is 22.1 Å². The Morgan fingerprint density at radius 2 is 1.57 bits per heavy atom. The van der Waals surface area contributed by atoms with E-state index in [0.717, 1.165) is 6.07 Å². The molecular formula is C16H12Cl3N5O5S. The largest absolute Gasteiger partial charge is 0.339 e. The first-order valence-electron chi connectivity index (χ1n) is 7.91. The Hall–Kier alpha value is -2.73. The standard InChI is InChI=1S/C16H12Cl3N5O5S/c17-16(18,19)14(21-13(25)9-2-1-3-12(8-9)24(28)29)22-15(30)20-10-4-6-11(7-5-10)23(26)27/h1-8,14H,(H,21,25)(H2,20,22,30)/t14-/m1/s1. The maximum absolute atomic E-state index is 12.4. The van der Waals surface area contributed by atoms with Crippen molar-refractivity contribution in [3.63, 3.8) is 0 Å². The molecule has 1 atom stereocenters. The predicted octanol–water partition coefficient (Wildman–Crippen LogP) is 3.92. The maximum Gasteiger partial charge on any atom is 0.270 e. The zero-order valence-corrected chi connectivity index (χ0v) is 17.8. The van der Waals surface area contributed by atoms with Gasteiger partial charge in [-0.2, -0.15) is 0 Å². The van der Waals surface area contributed by atoms with Crippen LogP contribution in [-0.4, -0.2) is 30.8 Å². The monoisotopic (exact) mass is 491 g/mol. The van der Waals surface area contributed by atoms with Crippen LogP contribution in [0.2, 0.25) is 0 Å². The molecule has 10 nitrogen and oxygen atoms in total. The summed E-state index contributed by atoms with van der Waals surface area (Å²) in [4.78, 5) is 32.8. The Morgan fingerprint density at radius 3 is 2.10 bits per heavy atom. The quantitative estimate of drug-likeness (QED) is 0.181. The van der Waals surface area contributed by atoms with Crippen molar-refractivity contribution in [1.82, 2.24) is 10.6 Å². The second-order valence-electron chi connectivity index (χ2n) is 5.66.